The van der Waals surface area contributed by atoms with Gasteiger partial charge in [-0.05, 0) is 38.6 Å². The van der Waals surface area contributed by atoms with Crippen LogP contribution in [0.4, 0.5) is 0 Å². The van der Waals surface area contributed by atoms with Crippen LogP contribution in [0, 0.1) is 0 Å². The summed E-state index contributed by atoms with van der Waals surface area (Å²) in [6, 6.07) is 1.19. The lowest BCUT2D eigenvalue weighted by Crippen LogP contribution is -2.46. The van der Waals surface area contributed by atoms with E-state index < -0.39 is 5.97 Å². The summed E-state index contributed by atoms with van der Waals surface area (Å²) in [6.45, 7) is 5.67. The Kier molecular flexibility index (Phi) is 7.33. The highest BCUT2D eigenvalue weighted by Gasteiger charge is 2.27. The monoisotopic (exact) mass is 255 g/mol. The molecule has 0 radical (unpaired) electrons. The molecular formula is C15H29NO2. The Hall–Kier alpha value is -0.570. The van der Waals surface area contributed by atoms with Crippen molar-refractivity contribution in [1.82, 2.24) is 4.90 Å². The van der Waals surface area contributed by atoms with E-state index in [1.54, 1.807) is 0 Å². The number of likely N-dealkylation sites (tertiary alicyclic amines) is 1. The topological polar surface area (TPSA) is 40.5 Å². The zero-order valence-corrected chi connectivity index (χ0v) is 12.0. The van der Waals surface area contributed by atoms with Gasteiger partial charge in [-0.25, -0.2) is 0 Å². The molecule has 1 atom stereocenters. The molecule has 0 spiro atoms. The maximum absolute atomic E-state index is 10.8. The lowest BCUT2D eigenvalue weighted by atomic mass is 9.93. The number of hydrogen-bond acceptors (Lipinski definition) is 2. The molecule has 1 heterocycles. The van der Waals surface area contributed by atoms with Crippen molar-refractivity contribution in [1.29, 1.82) is 0 Å². The SMILES string of the molecule is CCCC(CCC)N1CCCCC1CCC(=O)O. The van der Waals surface area contributed by atoms with Crippen LogP contribution in [-0.2, 0) is 4.79 Å². The van der Waals surface area contributed by atoms with Crippen LogP contribution in [0.15, 0.2) is 0 Å². The van der Waals surface area contributed by atoms with Gasteiger partial charge in [-0.1, -0.05) is 33.1 Å². The van der Waals surface area contributed by atoms with E-state index in [0.29, 0.717) is 18.5 Å². The Bertz CT molecular complexity index is 237. The number of carboxylic acids is 1. The van der Waals surface area contributed by atoms with E-state index in [1.165, 1.54) is 51.5 Å². The first-order chi connectivity index (χ1) is 8.69. The van der Waals surface area contributed by atoms with Crippen molar-refractivity contribution in [2.75, 3.05) is 6.54 Å². The van der Waals surface area contributed by atoms with Crippen molar-refractivity contribution in [3.05, 3.63) is 0 Å². The van der Waals surface area contributed by atoms with Crippen LogP contribution in [-0.4, -0.2) is 34.6 Å². The zero-order chi connectivity index (χ0) is 13.4. The van der Waals surface area contributed by atoms with Gasteiger partial charge in [0.1, 0.15) is 0 Å². The fourth-order valence-corrected chi connectivity index (χ4v) is 3.25. The van der Waals surface area contributed by atoms with Crippen molar-refractivity contribution < 1.29 is 9.90 Å². The summed E-state index contributed by atoms with van der Waals surface area (Å²) in [5.41, 5.74) is 0. The molecule has 0 amide bonds. The van der Waals surface area contributed by atoms with Crippen molar-refractivity contribution in [2.24, 2.45) is 0 Å². The third kappa shape index (κ3) is 4.97. The van der Waals surface area contributed by atoms with Crippen LogP contribution in [0.25, 0.3) is 0 Å². The fraction of sp³-hybridized carbons (Fsp3) is 0.933. The van der Waals surface area contributed by atoms with Gasteiger partial charge in [-0.3, -0.25) is 9.69 Å². The van der Waals surface area contributed by atoms with Crippen molar-refractivity contribution in [3.63, 3.8) is 0 Å². The van der Waals surface area contributed by atoms with Crippen LogP contribution < -0.4 is 0 Å². The summed E-state index contributed by atoms with van der Waals surface area (Å²) in [5, 5.41) is 8.86. The third-order valence-electron chi connectivity index (χ3n) is 4.08. The Morgan fingerprint density at radius 2 is 1.94 bits per heavy atom. The van der Waals surface area contributed by atoms with Gasteiger partial charge in [0.15, 0.2) is 0 Å². The van der Waals surface area contributed by atoms with E-state index in [4.69, 9.17) is 5.11 Å². The summed E-state index contributed by atoms with van der Waals surface area (Å²) in [5.74, 6) is -0.650. The number of rotatable bonds is 8. The molecule has 1 unspecified atom stereocenters. The van der Waals surface area contributed by atoms with Crippen LogP contribution in [0.3, 0.4) is 0 Å². The van der Waals surface area contributed by atoms with Gasteiger partial charge < -0.3 is 5.11 Å². The Morgan fingerprint density at radius 1 is 1.28 bits per heavy atom. The molecular weight excluding hydrogens is 226 g/mol. The molecule has 1 aliphatic heterocycles. The number of aliphatic carboxylic acids is 1. The predicted octanol–water partition coefficient (Wildman–Crippen LogP) is 3.67. The second-order valence-electron chi connectivity index (χ2n) is 5.55. The number of carboxylic acid groups (broad SMARTS) is 1. The molecule has 0 aromatic rings. The molecule has 1 rings (SSSR count). The summed E-state index contributed by atoms with van der Waals surface area (Å²) >= 11 is 0. The van der Waals surface area contributed by atoms with Gasteiger partial charge in [-0.2, -0.15) is 0 Å². The highest BCUT2D eigenvalue weighted by atomic mass is 16.4. The van der Waals surface area contributed by atoms with E-state index in [0.717, 1.165) is 6.42 Å². The molecule has 0 aliphatic carbocycles. The largest absolute Gasteiger partial charge is 0.481 e. The Morgan fingerprint density at radius 3 is 2.50 bits per heavy atom. The van der Waals surface area contributed by atoms with Gasteiger partial charge in [-0.15, -0.1) is 0 Å². The van der Waals surface area contributed by atoms with E-state index in [-0.39, 0.29) is 0 Å². The second kappa shape index (κ2) is 8.52. The van der Waals surface area contributed by atoms with Crippen LogP contribution in [0.2, 0.25) is 0 Å². The molecule has 1 saturated heterocycles. The van der Waals surface area contributed by atoms with Crippen LogP contribution in [0.1, 0.15) is 71.6 Å². The Labute approximate surface area is 112 Å². The molecule has 1 N–H and O–H groups in total. The lowest BCUT2D eigenvalue weighted by Gasteiger charge is -2.41. The normalized spacial score (nSPS) is 21.4. The first kappa shape index (κ1) is 15.5. The van der Waals surface area contributed by atoms with E-state index in [1.807, 2.05) is 0 Å². The molecule has 0 bridgehead atoms. The number of hydrogen-bond donors (Lipinski definition) is 1. The molecule has 3 nitrogen and oxygen atoms in total. The minimum absolute atomic E-state index is 0.326. The van der Waals surface area contributed by atoms with Gasteiger partial charge in [0.2, 0.25) is 0 Å². The van der Waals surface area contributed by atoms with Crippen LogP contribution in [0.5, 0.6) is 0 Å². The van der Waals surface area contributed by atoms with Crippen molar-refractivity contribution in [2.45, 2.75) is 83.7 Å². The predicted molar refractivity (Wildman–Crippen MR) is 74.8 cm³/mol. The molecule has 106 valence electrons. The highest BCUT2D eigenvalue weighted by Crippen LogP contribution is 2.26. The van der Waals surface area contributed by atoms with E-state index >= 15 is 0 Å². The number of piperidine rings is 1. The fourth-order valence-electron chi connectivity index (χ4n) is 3.25. The first-order valence-corrected chi connectivity index (χ1v) is 7.66. The standard InChI is InChI=1S/C15H29NO2/c1-3-7-13(8-4-2)16-12-6-5-9-14(16)10-11-15(17)18/h13-14H,3-12H2,1-2H3,(H,17,18). The molecule has 18 heavy (non-hydrogen) atoms. The molecule has 1 aliphatic rings. The summed E-state index contributed by atoms with van der Waals surface area (Å²) in [4.78, 5) is 13.4. The third-order valence-corrected chi connectivity index (χ3v) is 4.08. The van der Waals surface area contributed by atoms with E-state index in [9.17, 15) is 4.79 Å². The van der Waals surface area contributed by atoms with Gasteiger partial charge in [0.05, 0.1) is 0 Å². The van der Waals surface area contributed by atoms with Crippen LogP contribution >= 0.6 is 0 Å². The summed E-state index contributed by atoms with van der Waals surface area (Å²) in [7, 11) is 0. The zero-order valence-electron chi connectivity index (χ0n) is 12.0. The molecule has 0 aromatic heterocycles. The van der Waals surface area contributed by atoms with Crippen molar-refractivity contribution >= 4 is 5.97 Å². The number of nitrogens with zero attached hydrogens (tertiary/aromatic N) is 1. The minimum Gasteiger partial charge on any atom is -0.481 e. The van der Waals surface area contributed by atoms with Gasteiger partial charge in [0.25, 0.3) is 0 Å². The average Bonchev–Trinajstić information content (AvgIpc) is 2.36. The van der Waals surface area contributed by atoms with E-state index in [2.05, 4.69) is 18.7 Å². The molecule has 1 fully saturated rings. The maximum Gasteiger partial charge on any atom is 0.303 e. The molecule has 0 aromatic carbocycles. The molecule has 3 heteroatoms. The van der Waals surface area contributed by atoms with Crippen molar-refractivity contribution in [3.8, 4) is 0 Å². The Balaban J connectivity index is 2.57. The quantitative estimate of drug-likeness (QED) is 0.719. The number of carbonyl (C=O) groups is 1. The minimum atomic E-state index is -0.650. The first-order valence-electron chi connectivity index (χ1n) is 7.66. The lowest BCUT2D eigenvalue weighted by molar-refractivity contribution is -0.137. The van der Waals surface area contributed by atoms with Gasteiger partial charge >= 0.3 is 5.97 Å². The second-order valence-corrected chi connectivity index (χ2v) is 5.55. The average molecular weight is 255 g/mol. The summed E-state index contributed by atoms with van der Waals surface area (Å²) in [6.07, 6.45) is 9.89. The van der Waals surface area contributed by atoms with Gasteiger partial charge in [0, 0.05) is 18.5 Å². The highest BCUT2D eigenvalue weighted by molar-refractivity contribution is 5.66. The molecule has 0 saturated carbocycles. The smallest absolute Gasteiger partial charge is 0.303 e. The maximum atomic E-state index is 10.8. The summed E-state index contributed by atoms with van der Waals surface area (Å²) < 4.78 is 0.